The van der Waals surface area contributed by atoms with Crippen molar-refractivity contribution in [3.05, 3.63) is 42.5 Å². The van der Waals surface area contributed by atoms with Gasteiger partial charge in [0.25, 0.3) is 5.91 Å². The molecular formula is C25H31N3O3. The van der Waals surface area contributed by atoms with Gasteiger partial charge in [0, 0.05) is 38.3 Å². The van der Waals surface area contributed by atoms with E-state index < -0.39 is 0 Å². The Bertz CT molecular complexity index is 971. The zero-order valence-electron chi connectivity index (χ0n) is 18.1. The molecule has 3 heterocycles. The van der Waals surface area contributed by atoms with Crippen LogP contribution in [0.3, 0.4) is 0 Å². The molecular weight excluding hydrogens is 390 g/mol. The molecule has 3 aliphatic heterocycles. The summed E-state index contributed by atoms with van der Waals surface area (Å²) >= 11 is 0. The van der Waals surface area contributed by atoms with Gasteiger partial charge in [0.15, 0.2) is 6.61 Å². The van der Waals surface area contributed by atoms with Crippen molar-refractivity contribution in [3.63, 3.8) is 0 Å². The molecule has 0 unspecified atom stereocenters. The van der Waals surface area contributed by atoms with Gasteiger partial charge in [-0.1, -0.05) is 30.3 Å². The molecule has 0 N–H and O–H groups in total. The van der Waals surface area contributed by atoms with Crippen molar-refractivity contribution in [3.8, 4) is 5.75 Å². The Hall–Kier alpha value is -2.60. The highest BCUT2D eigenvalue weighted by Gasteiger charge is 2.48. The summed E-state index contributed by atoms with van der Waals surface area (Å²) in [6.07, 6.45) is 5.36. The van der Waals surface area contributed by atoms with E-state index in [0.29, 0.717) is 13.1 Å². The smallest absolute Gasteiger partial charge is 0.260 e. The summed E-state index contributed by atoms with van der Waals surface area (Å²) in [6, 6.07) is 14.1. The summed E-state index contributed by atoms with van der Waals surface area (Å²) in [5.41, 5.74) is -0.0216. The summed E-state index contributed by atoms with van der Waals surface area (Å²) in [5, 5.41) is 2.27. The number of nitrogens with zero attached hydrogens (tertiary/aromatic N) is 3. The molecule has 6 heteroatoms. The monoisotopic (exact) mass is 421 g/mol. The lowest BCUT2D eigenvalue weighted by Gasteiger charge is -2.57. The molecule has 0 bridgehead atoms. The molecule has 1 atom stereocenters. The molecule has 3 aliphatic rings. The average Bonchev–Trinajstić information content (AvgIpc) is 3.35. The highest BCUT2D eigenvalue weighted by molar-refractivity contribution is 5.84. The molecule has 0 aliphatic carbocycles. The minimum Gasteiger partial charge on any atom is -0.484 e. The van der Waals surface area contributed by atoms with Crippen molar-refractivity contribution in [1.29, 1.82) is 0 Å². The van der Waals surface area contributed by atoms with Crippen LogP contribution in [-0.4, -0.2) is 77.9 Å². The van der Waals surface area contributed by atoms with Crippen LogP contribution in [0, 0.1) is 0 Å². The molecule has 3 fully saturated rings. The van der Waals surface area contributed by atoms with Gasteiger partial charge < -0.3 is 14.5 Å². The summed E-state index contributed by atoms with van der Waals surface area (Å²) in [5.74, 6) is 1.00. The number of carbonyl (C=O) groups is 2. The highest BCUT2D eigenvalue weighted by atomic mass is 16.5. The SMILES string of the molecule is O=C(CN1CC[C@@]12CCCN(C(=O)COc1ccc3ccccc3c1)C2)N1CCCC1. The van der Waals surface area contributed by atoms with Crippen LogP contribution in [0.25, 0.3) is 10.8 Å². The van der Waals surface area contributed by atoms with E-state index in [1.54, 1.807) is 0 Å². The van der Waals surface area contributed by atoms with Crippen LogP contribution in [0.15, 0.2) is 42.5 Å². The third-order valence-electron chi connectivity index (χ3n) is 7.29. The highest BCUT2D eigenvalue weighted by Crippen LogP contribution is 2.38. The fourth-order valence-corrected chi connectivity index (χ4v) is 5.34. The van der Waals surface area contributed by atoms with E-state index in [-0.39, 0.29) is 24.0 Å². The first-order valence-corrected chi connectivity index (χ1v) is 11.6. The molecule has 5 rings (SSSR count). The second-order valence-electron chi connectivity index (χ2n) is 9.20. The molecule has 0 aromatic heterocycles. The fraction of sp³-hybridized carbons (Fsp3) is 0.520. The summed E-state index contributed by atoms with van der Waals surface area (Å²) < 4.78 is 5.84. The van der Waals surface area contributed by atoms with Crippen LogP contribution in [0.5, 0.6) is 5.75 Å². The van der Waals surface area contributed by atoms with E-state index in [9.17, 15) is 9.59 Å². The minimum atomic E-state index is -0.0216. The molecule has 2 amide bonds. The molecule has 2 aromatic carbocycles. The van der Waals surface area contributed by atoms with E-state index >= 15 is 0 Å². The van der Waals surface area contributed by atoms with Gasteiger partial charge in [0.1, 0.15) is 5.75 Å². The number of benzene rings is 2. The largest absolute Gasteiger partial charge is 0.484 e. The third kappa shape index (κ3) is 4.13. The van der Waals surface area contributed by atoms with Crippen LogP contribution in [0.4, 0.5) is 0 Å². The summed E-state index contributed by atoms with van der Waals surface area (Å²) in [7, 11) is 0. The van der Waals surface area contributed by atoms with Crippen LogP contribution < -0.4 is 4.74 Å². The number of rotatable bonds is 5. The van der Waals surface area contributed by atoms with Crippen LogP contribution in [0.1, 0.15) is 32.1 Å². The van der Waals surface area contributed by atoms with Gasteiger partial charge in [-0.15, -0.1) is 0 Å². The first kappa shape index (κ1) is 20.3. The van der Waals surface area contributed by atoms with Gasteiger partial charge in [0.2, 0.25) is 5.91 Å². The van der Waals surface area contributed by atoms with Gasteiger partial charge in [-0.05, 0) is 55.0 Å². The average molecular weight is 422 g/mol. The van der Waals surface area contributed by atoms with Crippen molar-refractivity contribution in [1.82, 2.24) is 14.7 Å². The van der Waals surface area contributed by atoms with Crippen molar-refractivity contribution < 1.29 is 14.3 Å². The predicted molar refractivity (Wildman–Crippen MR) is 120 cm³/mol. The second-order valence-corrected chi connectivity index (χ2v) is 9.20. The number of fused-ring (bicyclic) bond motifs is 1. The standard InChI is InChI=1S/C25H31N3O3/c29-23(26-12-3-4-13-26)17-28-15-11-25(28)10-5-14-27(19-25)24(30)18-31-22-9-8-20-6-1-2-7-21(20)16-22/h1-2,6-9,16H,3-5,10-15,17-19H2/t25-/m1/s1. The molecule has 164 valence electrons. The topological polar surface area (TPSA) is 53.1 Å². The van der Waals surface area contributed by atoms with E-state index in [1.807, 2.05) is 46.2 Å². The van der Waals surface area contributed by atoms with Crippen molar-refractivity contribution in [2.45, 2.75) is 37.6 Å². The van der Waals surface area contributed by atoms with Gasteiger partial charge in [-0.25, -0.2) is 0 Å². The van der Waals surface area contributed by atoms with Gasteiger partial charge in [-0.2, -0.15) is 0 Å². The lowest BCUT2D eigenvalue weighted by atomic mass is 9.77. The van der Waals surface area contributed by atoms with Crippen LogP contribution in [-0.2, 0) is 9.59 Å². The molecule has 3 saturated heterocycles. The first-order valence-electron chi connectivity index (χ1n) is 11.6. The molecule has 6 nitrogen and oxygen atoms in total. The summed E-state index contributed by atoms with van der Waals surface area (Å²) in [6.45, 7) is 4.79. The van der Waals surface area contributed by atoms with Gasteiger partial charge in [0.05, 0.1) is 6.54 Å². The number of hydrogen-bond donors (Lipinski definition) is 0. The maximum Gasteiger partial charge on any atom is 0.260 e. The molecule has 31 heavy (non-hydrogen) atoms. The second kappa shape index (κ2) is 8.50. The molecule has 1 spiro atoms. The van der Waals surface area contributed by atoms with E-state index in [2.05, 4.69) is 11.0 Å². The fourth-order valence-electron chi connectivity index (χ4n) is 5.34. The Kier molecular flexibility index (Phi) is 5.57. The molecule has 0 radical (unpaired) electrons. The lowest BCUT2D eigenvalue weighted by molar-refractivity contribution is -0.147. The molecule has 2 aromatic rings. The van der Waals surface area contributed by atoms with Gasteiger partial charge >= 0.3 is 0 Å². The number of ether oxygens (including phenoxy) is 1. The minimum absolute atomic E-state index is 0.0216. The zero-order chi connectivity index (χ0) is 21.3. The zero-order valence-corrected chi connectivity index (χ0v) is 18.1. The number of likely N-dealkylation sites (tertiary alicyclic amines) is 3. The predicted octanol–water partition coefficient (Wildman–Crippen LogP) is 2.91. The number of piperidine rings is 1. The van der Waals surface area contributed by atoms with Crippen molar-refractivity contribution in [2.24, 2.45) is 0 Å². The Morgan fingerprint density at radius 1 is 0.839 bits per heavy atom. The Labute approximate surface area is 183 Å². The number of amides is 2. The van der Waals surface area contributed by atoms with Gasteiger partial charge in [-0.3, -0.25) is 14.5 Å². The van der Waals surface area contributed by atoms with E-state index in [4.69, 9.17) is 4.74 Å². The summed E-state index contributed by atoms with van der Waals surface area (Å²) in [4.78, 5) is 31.8. The van der Waals surface area contributed by atoms with Crippen molar-refractivity contribution in [2.75, 3.05) is 45.9 Å². The van der Waals surface area contributed by atoms with Crippen LogP contribution in [0.2, 0.25) is 0 Å². The molecule has 0 saturated carbocycles. The van der Waals surface area contributed by atoms with Crippen LogP contribution >= 0.6 is 0 Å². The Balaban J connectivity index is 1.17. The maximum atomic E-state index is 12.9. The third-order valence-corrected chi connectivity index (χ3v) is 7.29. The van der Waals surface area contributed by atoms with Crippen molar-refractivity contribution >= 4 is 22.6 Å². The number of hydrogen-bond acceptors (Lipinski definition) is 4. The Morgan fingerprint density at radius 2 is 1.61 bits per heavy atom. The maximum absolute atomic E-state index is 12.9. The number of carbonyl (C=O) groups excluding carboxylic acids is 2. The Morgan fingerprint density at radius 3 is 2.39 bits per heavy atom. The first-order chi connectivity index (χ1) is 15.1. The normalized spacial score (nSPS) is 23.9. The van der Waals surface area contributed by atoms with E-state index in [1.165, 1.54) is 0 Å². The van der Waals surface area contributed by atoms with E-state index in [0.717, 1.165) is 74.8 Å². The lowest BCUT2D eigenvalue weighted by Crippen LogP contribution is -2.69. The quantitative estimate of drug-likeness (QED) is 0.745.